The Kier molecular flexibility index (Phi) is 3.58. The first-order chi connectivity index (χ1) is 11.6. The van der Waals surface area contributed by atoms with Crippen LogP contribution in [0.2, 0.25) is 5.02 Å². The van der Waals surface area contributed by atoms with Crippen LogP contribution in [-0.2, 0) is 6.42 Å². The highest BCUT2D eigenvalue weighted by molar-refractivity contribution is 6.34. The molecule has 4 heteroatoms. The first-order valence-electron chi connectivity index (χ1n) is 7.59. The molecule has 4 rings (SSSR count). The molecule has 118 valence electrons. The molecule has 0 bridgehead atoms. The Balaban J connectivity index is 1.61. The van der Waals surface area contributed by atoms with Gasteiger partial charge in [-0.25, -0.2) is 4.39 Å². The van der Waals surface area contributed by atoms with E-state index in [0.29, 0.717) is 5.69 Å². The second-order valence-electron chi connectivity index (χ2n) is 5.78. The number of hydrogen-bond donors (Lipinski definition) is 1. The van der Waals surface area contributed by atoms with E-state index in [2.05, 4.69) is 17.4 Å². The summed E-state index contributed by atoms with van der Waals surface area (Å²) in [6.45, 7) is 0. The van der Waals surface area contributed by atoms with Gasteiger partial charge in [-0.1, -0.05) is 41.9 Å². The van der Waals surface area contributed by atoms with Gasteiger partial charge in [0, 0.05) is 5.69 Å². The van der Waals surface area contributed by atoms with Gasteiger partial charge >= 0.3 is 0 Å². The second-order valence-corrected chi connectivity index (χ2v) is 6.19. The van der Waals surface area contributed by atoms with E-state index in [9.17, 15) is 9.18 Å². The minimum atomic E-state index is -0.466. The number of fused-ring (bicyclic) bond motifs is 3. The van der Waals surface area contributed by atoms with E-state index in [1.54, 1.807) is 0 Å². The third-order valence-electron chi connectivity index (χ3n) is 4.23. The number of rotatable bonds is 2. The number of benzene rings is 3. The topological polar surface area (TPSA) is 29.1 Å². The molecule has 0 fully saturated rings. The Morgan fingerprint density at radius 2 is 1.75 bits per heavy atom. The van der Waals surface area contributed by atoms with Crippen LogP contribution in [0.4, 0.5) is 10.1 Å². The SMILES string of the molecule is O=C(Nc1ccc2c(c1)Cc1ccccc1-2)c1ccc(F)cc1Cl. The molecule has 0 aromatic heterocycles. The van der Waals surface area contributed by atoms with E-state index in [0.717, 1.165) is 12.5 Å². The van der Waals surface area contributed by atoms with Crippen LogP contribution in [0.5, 0.6) is 0 Å². The van der Waals surface area contributed by atoms with Crippen molar-refractivity contribution in [2.45, 2.75) is 6.42 Å². The Hall–Kier alpha value is -2.65. The fraction of sp³-hybridized carbons (Fsp3) is 0.0500. The average molecular weight is 338 g/mol. The number of carbonyl (C=O) groups excluding carboxylic acids is 1. The fourth-order valence-corrected chi connectivity index (χ4v) is 3.35. The molecule has 1 aliphatic rings. The molecule has 0 unspecified atom stereocenters. The molecule has 0 radical (unpaired) electrons. The van der Waals surface area contributed by atoms with Gasteiger partial charge < -0.3 is 5.32 Å². The minimum Gasteiger partial charge on any atom is -0.322 e. The smallest absolute Gasteiger partial charge is 0.257 e. The van der Waals surface area contributed by atoms with E-state index in [1.165, 1.54) is 34.4 Å². The molecule has 3 aromatic carbocycles. The summed E-state index contributed by atoms with van der Waals surface area (Å²) < 4.78 is 13.1. The van der Waals surface area contributed by atoms with Gasteiger partial charge in [-0.3, -0.25) is 4.79 Å². The van der Waals surface area contributed by atoms with Crippen LogP contribution in [0.15, 0.2) is 60.7 Å². The number of hydrogen-bond acceptors (Lipinski definition) is 1. The summed E-state index contributed by atoms with van der Waals surface area (Å²) in [5, 5.41) is 2.93. The maximum Gasteiger partial charge on any atom is 0.257 e. The van der Waals surface area contributed by atoms with Crippen LogP contribution in [0.1, 0.15) is 21.5 Å². The van der Waals surface area contributed by atoms with Crippen LogP contribution in [0, 0.1) is 5.82 Å². The summed E-state index contributed by atoms with van der Waals surface area (Å²) in [6.07, 6.45) is 0.854. The van der Waals surface area contributed by atoms with Crippen molar-refractivity contribution in [2.24, 2.45) is 0 Å². The third kappa shape index (κ3) is 2.57. The second kappa shape index (κ2) is 5.77. The number of anilines is 1. The summed E-state index contributed by atoms with van der Waals surface area (Å²) in [7, 11) is 0. The summed E-state index contributed by atoms with van der Waals surface area (Å²) in [6, 6.07) is 17.9. The van der Waals surface area contributed by atoms with Gasteiger partial charge in [0.1, 0.15) is 5.82 Å². The van der Waals surface area contributed by atoms with Crippen molar-refractivity contribution >= 4 is 23.2 Å². The lowest BCUT2D eigenvalue weighted by atomic mass is 10.1. The molecule has 1 N–H and O–H groups in total. The third-order valence-corrected chi connectivity index (χ3v) is 4.54. The van der Waals surface area contributed by atoms with Gasteiger partial charge in [0.15, 0.2) is 0 Å². The zero-order valence-corrected chi connectivity index (χ0v) is 13.4. The molecule has 0 spiro atoms. The van der Waals surface area contributed by atoms with Crippen molar-refractivity contribution in [1.29, 1.82) is 0 Å². The summed E-state index contributed by atoms with van der Waals surface area (Å²) in [4.78, 5) is 12.3. The van der Waals surface area contributed by atoms with E-state index in [4.69, 9.17) is 11.6 Å². The van der Waals surface area contributed by atoms with E-state index in [-0.39, 0.29) is 16.5 Å². The maximum absolute atomic E-state index is 13.1. The van der Waals surface area contributed by atoms with Crippen LogP contribution < -0.4 is 5.32 Å². The van der Waals surface area contributed by atoms with Gasteiger partial charge in [0.05, 0.1) is 10.6 Å². The van der Waals surface area contributed by atoms with Gasteiger partial charge in [0.25, 0.3) is 5.91 Å². The van der Waals surface area contributed by atoms with Crippen molar-refractivity contribution < 1.29 is 9.18 Å². The van der Waals surface area contributed by atoms with Crippen LogP contribution in [0.3, 0.4) is 0 Å². The van der Waals surface area contributed by atoms with Gasteiger partial charge in [-0.15, -0.1) is 0 Å². The zero-order chi connectivity index (χ0) is 16.7. The molecular weight excluding hydrogens is 325 g/mol. The van der Waals surface area contributed by atoms with Crippen LogP contribution >= 0.6 is 11.6 Å². The van der Waals surface area contributed by atoms with Gasteiger partial charge in [-0.2, -0.15) is 0 Å². The molecule has 0 heterocycles. The van der Waals surface area contributed by atoms with Crippen molar-refractivity contribution in [3.63, 3.8) is 0 Å². The summed E-state index contributed by atoms with van der Waals surface area (Å²) in [5.41, 5.74) is 5.86. The molecule has 1 aliphatic carbocycles. The minimum absolute atomic E-state index is 0.0982. The molecule has 0 saturated carbocycles. The monoisotopic (exact) mass is 337 g/mol. The molecule has 0 atom stereocenters. The molecular formula is C20H13ClFNO. The molecule has 24 heavy (non-hydrogen) atoms. The normalized spacial score (nSPS) is 11.8. The lowest BCUT2D eigenvalue weighted by Crippen LogP contribution is -2.12. The van der Waals surface area contributed by atoms with Crippen molar-refractivity contribution in [1.82, 2.24) is 0 Å². The highest BCUT2D eigenvalue weighted by Crippen LogP contribution is 2.37. The maximum atomic E-state index is 13.1. The van der Waals surface area contributed by atoms with E-state index < -0.39 is 5.82 Å². The predicted octanol–water partition coefficient (Wildman–Crippen LogP) is 5.30. The zero-order valence-electron chi connectivity index (χ0n) is 12.6. The number of nitrogens with one attached hydrogen (secondary N) is 1. The van der Waals surface area contributed by atoms with Gasteiger partial charge in [0.2, 0.25) is 0 Å². The van der Waals surface area contributed by atoms with Crippen LogP contribution in [-0.4, -0.2) is 5.91 Å². The lowest BCUT2D eigenvalue weighted by Gasteiger charge is -2.09. The number of carbonyl (C=O) groups is 1. The molecule has 1 amide bonds. The Labute approximate surface area is 143 Å². The summed E-state index contributed by atoms with van der Waals surface area (Å²) >= 11 is 5.94. The first-order valence-corrected chi connectivity index (χ1v) is 7.97. The highest BCUT2D eigenvalue weighted by Gasteiger charge is 2.18. The number of halogens is 2. The number of amides is 1. The van der Waals surface area contributed by atoms with E-state index in [1.807, 2.05) is 30.3 Å². The Bertz CT molecular complexity index is 968. The quantitative estimate of drug-likeness (QED) is 0.528. The van der Waals surface area contributed by atoms with Crippen molar-refractivity contribution in [3.05, 3.63) is 88.2 Å². The molecule has 0 saturated heterocycles. The van der Waals surface area contributed by atoms with Gasteiger partial charge in [-0.05, 0) is 59.0 Å². The highest BCUT2D eigenvalue weighted by atomic mass is 35.5. The van der Waals surface area contributed by atoms with Crippen molar-refractivity contribution in [2.75, 3.05) is 5.32 Å². The standard InChI is InChI=1S/C20H13ClFNO/c21-19-11-14(22)5-7-18(19)20(24)23-15-6-8-17-13(10-15)9-12-3-1-2-4-16(12)17/h1-8,10-11H,9H2,(H,23,24). The largest absolute Gasteiger partial charge is 0.322 e. The lowest BCUT2D eigenvalue weighted by molar-refractivity contribution is 0.102. The first kappa shape index (κ1) is 14.9. The predicted molar refractivity (Wildman–Crippen MR) is 94.0 cm³/mol. The molecule has 0 aliphatic heterocycles. The Morgan fingerprint density at radius 3 is 2.58 bits per heavy atom. The Morgan fingerprint density at radius 1 is 0.958 bits per heavy atom. The van der Waals surface area contributed by atoms with Crippen molar-refractivity contribution in [3.8, 4) is 11.1 Å². The average Bonchev–Trinajstić information content (AvgIpc) is 2.92. The fourth-order valence-electron chi connectivity index (χ4n) is 3.09. The van der Waals surface area contributed by atoms with E-state index >= 15 is 0 Å². The molecule has 3 aromatic rings. The summed E-state index contributed by atoms with van der Waals surface area (Å²) in [5.74, 6) is -0.817. The molecule has 2 nitrogen and oxygen atoms in total. The van der Waals surface area contributed by atoms with Crippen LogP contribution in [0.25, 0.3) is 11.1 Å².